The Morgan fingerprint density at radius 1 is 1.00 bits per heavy atom. The SMILES string of the molecule is O=C(NN=Cc1cccc(OCc2ccccc2)c1)c1cccc(Br)c1. The zero-order valence-electron chi connectivity index (χ0n) is 13.9. The molecule has 0 saturated heterocycles. The van der Waals surface area contributed by atoms with E-state index in [1.165, 1.54) is 0 Å². The summed E-state index contributed by atoms with van der Waals surface area (Å²) in [6.45, 7) is 0.501. The maximum Gasteiger partial charge on any atom is 0.271 e. The molecule has 0 aliphatic carbocycles. The highest BCUT2D eigenvalue weighted by Crippen LogP contribution is 2.14. The molecule has 0 aromatic heterocycles. The Labute approximate surface area is 160 Å². The second-order valence-corrected chi connectivity index (χ2v) is 6.47. The van der Waals surface area contributed by atoms with Crippen LogP contribution in [0.3, 0.4) is 0 Å². The van der Waals surface area contributed by atoms with E-state index in [0.717, 1.165) is 21.3 Å². The number of nitrogens with one attached hydrogen (secondary N) is 1. The molecule has 130 valence electrons. The van der Waals surface area contributed by atoms with Gasteiger partial charge in [-0.1, -0.05) is 64.5 Å². The Kier molecular flexibility index (Phi) is 6.17. The largest absolute Gasteiger partial charge is 0.489 e. The quantitative estimate of drug-likeness (QED) is 0.470. The molecule has 0 aliphatic rings. The van der Waals surface area contributed by atoms with E-state index in [9.17, 15) is 4.79 Å². The standard InChI is InChI=1S/C21H17BrN2O2/c22-19-10-5-9-18(13-19)21(25)24-23-14-17-8-4-11-20(12-17)26-15-16-6-2-1-3-7-16/h1-14H,15H2,(H,24,25). The number of halogens is 1. The van der Waals surface area contributed by atoms with Crippen LogP contribution in [0, 0.1) is 0 Å². The summed E-state index contributed by atoms with van der Waals surface area (Å²) in [7, 11) is 0. The van der Waals surface area contributed by atoms with Crippen molar-refractivity contribution in [2.24, 2.45) is 5.10 Å². The second-order valence-electron chi connectivity index (χ2n) is 5.56. The van der Waals surface area contributed by atoms with E-state index >= 15 is 0 Å². The van der Waals surface area contributed by atoms with Gasteiger partial charge in [-0.05, 0) is 41.5 Å². The molecule has 5 heteroatoms. The number of hydrazone groups is 1. The summed E-state index contributed by atoms with van der Waals surface area (Å²) in [5.41, 5.74) is 5.00. The van der Waals surface area contributed by atoms with Crippen molar-refractivity contribution >= 4 is 28.1 Å². The lowest BCUT2D eigenvalue weighted by Crippen LogP contribution is -2.17. The summed E-state index contributed by atoms with van der Waals surface area (Å²) in [5.74, 6) is 0.482. The first kappa shape index (κ1) is 17.9. The monoisotopic (exact) mass is 408 g/mol. The molecule has 3 aromatic rings. The smallest absolute Gasteiger partial charge is 0.271 e. The molecule has 1 amide bonds. The Balaban J connectivity index is 1.57. The molecule has 0 heterocycles. The van der Waals surface area contributed by atoms with Gasteiger partial charge in [-0.25, -0.2) is 5.43 Å². The van der Waals surface area contributed by atoms with Gasteiger partial charge in [0, 0.05) is 10.0 Å². The van der Waals surface area contributed by atoms with Gasteiger partial charge in [0.15, 0.2) is 0 Å². The third kappa shape index (κ3) is 5.29. The molecule has 3 aromatic carbocycles. The van der Waals surface area contributed by atoms with Crippen molar-refractivity contribution in [2.45, 2.75) is 6.61 Å². The first-order chi connectivity index (χ1) is 12.7. The number of hydrogen-bond donors (Lipinski definition) is 1. The normalized spacial score (nSPS) is 10.7. The topological polar surface area (TPSA) is 50.7 Å². The van der Waals surface area contributed by atoms with E-state index in [2.05, 4.69) is 26.5 Å². The van der Waals surface area contributed by atoms with Crippen molar-refractivity contribution in [2.75, 3.05) is 0 Å². The lowest BCUT2D eigenvalue weighted by molar-refractivity contribution is 0.0955. The molecule has 1 N–H and O–H groups in total. The highest BCUT2D eigenvalue weighted by molar-refractivity contribution is 9.10. The van der Waals surface area contributed by atoms with Gasteiger partial charge in [0.1, 0.15) is 12.4 Å². The summed E-state index contributed by atoms with van der Waals surface area (Å²) < 4.78 is 6.63. The molecule has 4 nitrogen and oxygen atoms in total. The van der Waals surface area contributed by atoms with Crippen LogP contribution in [0.1, 0.15) is 21.5 Å². The van der Waals surface area contributed by atoms with Gasteiger partial charge in [-0.3, -0.25) is 4.79 Å². The molecule has 0 unspecified atom stereocenters. The number of amides is 1. The van der Waals surface area contributed by atoms with Crippen LogP contribution < -0.4 is 10.2 Å². The fraction of sp³-hybridized carbons (Fsp3) is 0.0476. The molecular formula is C21H17BrN2O2. The third-order valence-corrected chi connectivity index (χ3v) is 4.07. The zero-order chi connectivity index (χ0) is 18.2. The van der Waals surface area contributed by atoms with Gasteiger partial charge >= 0.3 is 0 Å². The van der Waals surface area contributed by atoms with Gasteiger partial charge in [0.05, 0.1) is 6.21 Å². The molecule has 0 radical (unpaired) electrons. The van der Waals surface area contributed by atoms with E-state index in [0.29, 0.717) is 12.2 Å². The molecule has 0 spiro atoms. The van der Waals surface area contributed by atoms with Crippen LogP contribution >= 0.6 is 15.9 Å². The summed E-state index contributed by atoms with van der Waals surface area (Å²) in [4.78, 5) is 12.0. The second kappa shape index (κ2) is 8.97. The summed E-state index contributed by atoms with van der Waals surface area (Å²) in [5, 5.41) is 4.01. The molecule has 0 bridgehead atoms. The van der Waals surface area contributed by atoms with E-state index in [1.54, 1.807) is 24.4 Å². The van der Waals surface area contributed by atoms with Crippen molar-refractivity contribution in [3.63, 3.8) is 0 Å². The van der Waals surface area contributed by atoms with Crippen molar-refractivity contribution < 1.29 is 9.53 Å². The Morgan fingerprint density at radius 2 is 1.81 bits per heavy atom. The first-order valence-electron chi connectivity index (χ1n) is 8.06. The van der Waals surface area contributed by atoms with Crippen LogP contribution in [-0.2, 0) is 6.61 Å². The molecular weight excluding hydrogens is 392 g/mol. The average molecular weight is 409 g/mol. The van der Waals surface area contributed by atoms with Gasteiger partial charge in [-0.2, -0.15) is 5.10 Å². The number of ether oxygens (including phenoxy) is 1. The zero-order valence-corrected chi connectivity index (χ0v) is 15.5. The maximum atomic E-state index is 12.0. The van der Waals surface area contributed by atoms with E-state index < -0.39 is 0 Å². The van der Waals surface area contributed by atoms with Gasteiger partial charge in [0.25, 0.3) is 5.91 Å². The Morgan fingerprint density at radius 3 is 2.62 bits per heavy atom. The van der Waals surface area contributed by atoms with Crippen molar-refractivity contribution in [3.05, 3.63) is 100 Å². The highest BCUT2D eigenvalue weighted by atomic mass is 79.9. The van der Waals surface area contributed by atoms with E-state index in [1.807, 2.05) is 60.7 Å². The fourth-order valence-electron chi connectivity index (χ4n) is 2.29. The van der Waals surface area contributed by atoms with Crippen molar-refractivity contribution in [3.8, 4) is 5.75 Å². The van der Waals surface area contributed by atoms with E-state index in [-0.39, 0.29) is 5.91 Å². The van der Waals surface area contributed by atoms with Gasteiger partial charge in [-0.15, -0.1) is 0 Å². The minimum absolute atomic E-state index is 0.265. The number of hydrogen-bond acceptors (Lipinski definition) is 3. The molecule has 0 fully saturated rings. The molecule has 0 saturated carbocycles. The molecule has 26 heavy (non-hydrogen) atoms. The van der Waals surface area contributed by atoms with Crippen LogP contribution in [0.2, 0.25) is 0 Å². The highest BCUT2D eigenvalue weighted by Gasteiger charge is 2.03. The van der Waals surface area contributed by atoms with Crippen molar-refractivity contribution in [1.29, 1.82) is 0 Å². The first-order valence-corrected chi connectivity index (χ1v) is 8.86. The van der Waals surface area contributed by atoms with Crippen LogP contribution in [0.25, 0.3) is 0 Å². The molecule has 0 atom stereocenters. The van der Waals surface area contributed by atoms with Gasteiger partial charge in [0.2, 0.25) is 0 Å². The van der Waals surface area contributed by atoms with Crippen molar-refractivity contribution in [1.82, 2.24) is 5.43 Å². The lowest BCUT2D eigenvalue weighted by atomic mass is 10.2. The minimum atomic E-state index is -0.265. The van der Waals surface area contributed by atoms with E-state index in [4.69, 9.17) is 4.74 Å². The summed E-state index contributed by atoms with van der Waals surface area (Å²) >= 11 is 3.34. The van der Waals surface area contributed by atoms with Crippen LogP contribution in [0.4, 0.5) is 0 Å². The summed E-state index contributed by atoms with van der Waals surface area (Å²) in [6, 6.07) is 24.6. The summed E-state index contributed by atoms with van der Waals surface area (Å²) in [6.07, 6.45) is 1.59. The Hall–Kier alpha value is -2.92. The average Bonchev–Trinajstić information content (AvgIpc) is 2.67. The number of rotatable bonds is 6. The Bertz CT molecular complexity index is 911. The van der Waals surface area contributed by atoms with Crippen LogP contribution in [0.15, 0.2) is 88.4 Å². The number of nitrogens with zero attached hydrogens (tertiary/aromatic N) is 1. The lowest BCUT2D eigenvalue weighted by Gasteiger charge is -2.06. The maximum absolute atomic E-state index is 12.0. The fourth-order valence-corrected chi connectivity index (χ4v) is 2.68. The number of benzene rings is 3. The third-order valence-electron chi connectivity index (χ3n) is 3.57. The van der Waals surface area contributed by atoms with Crippen LogP contribution in [-0.4, -0.2) is 12.1 Å². The predicted octanol–water partition coefficient (Wildman–Crippen LogP) is 4.79. The molecule has 0 aliphatic heterocycles. The number of carbonyl (C=O) groups is 1. The predicted molar refractivity (Wildman–Crippen MR) is 106 cm³/mol. The molecule has 3 rings (SSSR count). The van der Waals surface area contributed by atoms with Gasteiger partial charge < -0.3 is 4.74 Å². The number of carbonyl (C=O) groups excluding carboxylic acids is 1. The minimum Gasteiger partial charge on any atom is -0.489 e. The van der Waals surface area contributed by atoms with Crippen LogP contribution in [0.5, 0.6) is 5.75 Å².